The van der Waals surface area contributed by atoms with E-state index in [0.29, 0.717) is 11.5 Å². The molecule has 2 rings (SSSR count). The zero-order valence-electron chi connectivity index (χ0n) is 11.2. The minimum Gasteiger partial charge on any atom is -0.508 e. The molecule has 0 heterocycles. The molecule has 0 radical (unpaired) electrons. The zero-order chi connectivity index (χ0) is 14.6. The summed E-state index contributed by atoms with van der Waals surface area (Å²) in [5.41, 5.74) is 0. The minimum absolute atomic E-state index is 0.172. The molecule has 0 aliphatic heterocycles. The predicted molar refractivity (Wildman–Crippen MR) is 78.7 cm³/mol. The summed E-state index contributed by atoms with van der Waals surface area (Å²) < 4.78 is 15.8. The van der Waals surface area contributed by atoms with Gasteiger partial charge in [-0.25, -0.2) is 4.74 Å². The zero-order valence-corrected chi connectivity index (χ0v) is 12.1. The van der Waals surface area contributed by atoms with Crippen molar-refractivity contribution in [1.82, 2.24) is 0 Å². The van der Waals surface area contributed by atoms with Gasteiger partial charge in [-0.3, -0.25) is 0 Å². The molecule has 0 fully saturated rings. The SMILES string of the molecule is CN=P(C)(Oc1ccc(O)cc1)Oc1ccc(O)cc1. The van der Waals surface area contributed by atoms with Gasteiger partial charge in [0.1, 0.15) is 23.0 Å². The van der Waals surface area contributed by atoms with Crippen molar-refractivity contribution >= 4 is 7.51 Å². The number of hydrogen-bond donors (Lipinski definition) is 2. The van der Waals surface area contributed by atoms with E-state index in [9.17, 15) is 10.2 Å². The fourth-order valence-electron chi connectivity index (χ4n) is 1.51. The van der Waals surface area contributed by atoms with Crippen molar-refractivity contribution in [3.8, 4) is 23.0 Å². The van der Waals surface area contributed by atoms with Gasteiger partial charge in [-0.05, 0) is 48.5 Å². The normalized spacial score (nSPS) is 10.9. The van der Waals surface area contributed by atoms with E-state index >= 15 is 0 Å². The summed E-state index contributed by atoms with van der Waals surface area (Å²) in [6, 6.07) is 12.8. The molecule has 0 unspecified atom stereocenters. The summed E-state index contributed by atoms with van der Waals surface area (Å²) in [7, 11) is -0.829. The molecule has 2 aromatic carbocycles. The monoisotopic (exact) mass is 293 g/mol. The third-order valence-corrected chi connectivity index (χ3v) is 4.41. The number of nitrogens with zero attached hydrogens (tertiary/aromatic N) is 1. The quantitative estimate of drug-likeness (QED) is 0.840. The maximum atomic E-state index is 9.25. The van der Waals surface area contributed by atoms with E-state index in [2.05, 4.69) is 4.74 Å². The maximum Gasteiger partial charge on any atom is 0.310 e. The Kier molecular flexibility index (Phi) is 4.20. The average molecular weight is 293 g/mol. The Labute approximate surface area is 117 Å². The molecular formula is C14H16NO4P. The summed E-state index contributed by atoms with van der Waals surface area (Å²) in [6.45, 7) is 1.78. The maximum absolute atomic E-state index is 9.25. The van der Waals surface area contributed by atoms with Crippen LogP contribution >= 0.6 is 7.51 Å². The van der Waals surface area contributed by atoms with Gasteiger partial charge in [-0.2, -0.15) is 0 Å². The number of rotatable bonds is 4. The lowest BCUT2D eigenvalue weighted by Crippen LogP contribution is -1.99. The molecular weight excluding hydrogens is 277 g/mol. The van der Waals surface area contributed by atoms with Crippen LogP contribution in [0.2, 0.25) is 0 Å². The van der Waals surface area contributed by atoms with Crippen LogP contribution in [0.1, 0.15) is 0 Å². The molecule has 0 spiro atoms. The predicted octanol–water partition coefficient (Wildman–Crippen LogP) is 3.85. The van der Waals surface area contributed by atoms with Gasteiger partial charge in [-0.1, -0.05) is 0 Å². The van der Waals surface area contributed by atoms with Crippen LogP contribution in [-0.4, -0.2) is 23.9 Å². The van der Waals surface area contributed by atoms with Gasteiger partial charge in [0.2, 0.25) is 0 Å². The van der Waals surface area contributed by atoms with Crippen molar-refractivity contribution in [3.63, 3.8) is 0 Å². The number of benzene rings is 2. The van der Waals surface area contributed by atoms with E-state index in [-0.39, 0.29) is 11.5 Å². The van der Waals surface area contributed by atoms with Crippen LogP contribution in [0.3, 0.4) is 0 Å². The number of phenols is 2. The van der Waals surface area contributed by atoms with Crippen LogP contribution in [-0.2, 0) is 0 Å². The molecule has 0 atom stereocenters. The minimum atomic E-state index is -2.46. The highest BCUT2D eigenvalue weighted by atomic mass is 31.2. The average Bonchev–Trinajstić information content (AvgIpc) is 2.44. The summed E-state index contributed by atoms with van der Waals surface area (Å²) in [4.78, 5) is 0. The summed E-state index contributed by atoms with van der Waals surface area (Å²) >= 11 is 0. The van der Waals surface area contributed by atoms with Gasteiger partial charge >= 0.3 is 7.51 Å². The molecule has 0 bridgehead atoms. The standard InChI is InChI=1S/C14H16NO4P/c1-15-20(2,18-13-7-3-11(16)4-8-13)19-14-9-5-12(17)6-10-14/h3-10,16-17H,1-2H3. The smallest absolute Gasteiger partial charge is 0.310 e. The van der Waals surface area contributed by atoms with Crippen LogP contribution in [0.25, 0.3) is 0 Å². The van der Waals surface area contributed by atoms with Crippen LogP contribution < -0.4 is 9.05 Å². The first-order valence-electron chi connectivity index (χ1n) is 5.96. The second-order valence-electron chi connectivity index (χ2n) is 4.17. The van der Waals surface area contributed by atoms with E-state index in [1.165, 1.54) is 24.3 Å². The highest BCUT2D eigenvalue weighted by molar-refractivity contribution is 7.56. The Balaban J connectivity index is 2.17. The van der Waals surface area contributed by atoms with Gasteiger partial charge in [0.05, 0.1) is 0 Å². The first-order valence-corrected chi connectivity index (χ1v) is 7.98. The number of aromatic hydroxyl groups is 2. The number of phenolic OH excluding ortho intramolecular Hbond substituents is 2. The van der Waals surface area contributed by atoms with Crippen molar-refractivity contribution in [2.45, 2.75) is 0 Å². The molecule has 5 nitrogen and oxygen atoms in total. The summed E-state index contributed by atoms with van der Waals surface area (Å²) in [5, 5.41) is 18.5. The first-order chi connectivity index (χ1) is 9.50. The fraction of sp³-hybridized carbons (Fsp3) is 0.143. The highest BCUT2D eigenvalue weighted by Gasteiger charge is 2.17. The number of hydrogen-bond acceptors (Lipinski definition) is 5. The van der Waals surface area contributed by atoms with E-state index in [4.69, 9.17) is 9.05 Å². The van der Waals surface area contributed by atoms with E-state index in [1.807, 2.05) is 0 Å². The molecule has 106 valence electrons. The highest BCUT2D eigenvalue weighted by Crippen LogP contribution is 2.48. The second kappa shape index (κ2) is 5.88. The Morgan fingerprint density at radius 3 is 1.45 bits per heavy atom. The van der Waals surface area contributed by atoms with E-state index in [0.717, 1.165) is 0 Å². The van der Waals surface area contributed by atoms with Crippen molar-refractivity contribution in [3.05, 3.63) is 48.5 Å². The molecule has 20 heavy (non-hydrogen) atoms. The third-order valence-electron chi connectivity index (χ3n) is 2.59. The molecule has 0 amide bonds. The van der Waals surface area contributed by atoms with Crippen molar-refractivity contribution in [1.29, 1.82) is 0 Å². The van der Waals surface area contributed by atoms with Gasteiger partial charge in [0.15, 0.2) is 0 Å². The van der Waals surface area contributed by atoms with Gasteiger partial charge in [0.25, 0.3) is 0 Å². The molecule has 2 N–H and O–H groups in total. The van der Waals surface area contributed by atoms with Crippen molar-refractivity contribution in [2.24, 2.45) is 4.74 Å². The van der Waals surface area contributed by atoms with Crippen LogP contribution in [0, 0.1) is 0 Å². The Hall–Kier alpha value is -2.13. The van der Waals surface area contributed by atoms with E-state index in [1.54, 1.807) is 38.0 Å². The first kappa shape index (κ1) is 14.3. The van der Waals surface area contributed by atoms with Crippen LogP contribution in [0.15, 0.2) is 53.3 Å². The van der Waals surface area contributed by atoms with Gasteiger partial charge < -0.3 is 19.3 Å². The molecule has 0 saturated heterocycles. The Morgan fingerprint density at radius 2 is 1.15 bits per heavy atom. The Morgan fingerprint density at radius 1 is 0.800 bits per heavy atom. The van der Waals surface area contributed by atoms with Crippen molar-refractivity contribution in [2.75, 3.05) is 13.7 Å². The van der Waals surface area contributed by atoms with Crippen molar-refractivity contribution < 1.29 is 19.3 Å². The topological polar surface area (TPSA) is 71.3 Å². The molecule has 6 heteroatoms. The molecule has 2 aromatic rings. The molecule has 0 aliphatic rings. The molecule has 0 saturated carbocycles. The Bertz CT molecular complexity index is 571. The van der Waals surface area contributed by atoms with Crippen LogP contribution in [0.5, 0.6) is 23.0 Å². The van der Waals surface area contributed by atoms with Gasteiger partial charge in [-0.15, -0.1) is 0 Å². The molecule has 0 aromatic heterocycles. The molecule has 0 aliphatic carbocycles. The third kappa shape index (κ3) is 3.68. The fourth-order valence-corrected chi connectivity index (χ4v) is 2.73. The summed E-state index contributed by atoms with van der Waals surface area (Å²) in [6.07, 6.45) is 0. The van der Waals surface area contributed by atoms with Crippen LogP contribution in [0.4, 0.5) is 0 Å². The summed E-state index contributed by atoms with van der Waals surface area (Å²) in [5.74, 6) is 1.49. The second-order valence-corrected chi connectivity index (χ2v) is 6.54. The lowest BCUT2D eigenvalue weighted by Gasteiger charge is -2.21. The van der Waals surface area contributed by atoms with E-state index < -0.39 is 7.51 Å². The van der Waals surface area contributed by atoms with Gasteiger partial charge in [0, 0.05) is 13.7 Å². The largest absolute Gasteiger partial charge is 0.508 e. The lowest BCUT2D eigenvalue weighted by molar-refractivity contribution is 0.463. The lowest BCUT2D eigenvalue weighted by atomic mass is 10.3.